The first-order valence-corrected chi connectivity index (χ1v) is 11.4. The van der Waals surface area contributed by atoms with Gasteiger partial charge in [0, 0.05) is 6.92 Å². The largest absolute Gasteiger partial charge is 0.383 e. The number of hydrogen-bond acceptors (Lipinski definition) is 9. The molecule has 2 aromatic carbocycles. The van der Waals surface area contributed by atoms with Crippen LogP contribution in [0.2, 0.25) is 5.02 Å². The average Bonchev–Trinajstić information content (AvgIpc) is 2.86. The van der Waals surface area contributed by atoms with Crippen LogP contribution in [-0.2, 0) is 4.79 Å². The molecule has 0 spiro atoms. The van der Waals surface area contributed by atoms with E-state index in [1.807, 2.05) is 13.0 Å². The van der Waals surface area contributed by atoms with Crippen LogP contribution in [0.1, 0.15) is 42.5 Å². The van der Waals surface area contributed by atoms with E-state index in [4.69, 9.17) is 28.2 Å². The molecule has 36 heavy (non-hydrogen) atoms. The Morgan fingerprint density at radius 1 is 1.14 bits per heavy atom. The number of carbonyl (C=O) groups excluding carboxylic acids is 2. The summed E-state index contributed by atoms with van der Waals surface area (Å²) in [5.74, 6) is 4.29. The van der Waals surface area contributed by atoms with E-state index in [9.17, 15) is 14.4 Å². The third kappa shape index (κ3) is 4.49. The van der Waals surface area contributed by atoms with E-state index in [-0.39, 0.29) is 33.2 Å². The maximum atomic E-state index is 13.7. The molecule has 0 aliphatic heterocycles. The van der Waals surface area contributed by atoms with Crippen molar-refractivity contribution in [1.82, 2.24) is 24.5 Å². The third-order valence-corrected chi connectivity index (χ3v) is 5.88. The van der Waals surface area contributed by atoms with Gasteiger partial charge in [-0.15, -0.1) is 0 Å². The maximum Gasteiger partial charge on any atom is 0.282 e. The van der Waals surface area contributed by atoms with Gasteiger partial charge in [-0.05, 0) is 30.7 Å². The van der Waals surface area contributed by atoms with Crippen LogP contribution in [0, 0.1) is 0 Å². The summed E-state index contributed by atoms with van der Waals surface area (Å²) in [6.07, 6.45) is 1.61. The minimum absolute atomic E-state index is 0.0381. The van der Waals surface area contributed by atoms with Crippen LogP contribution in [0.15, 0.2) is 59.7 Å². The molecule has 2 amide bonds. The van der Waals surface area contributed by atoms with Crippen LogP contribution in [0.5, 0.6) is 0 Å². The number of nitrogens with zero attached hydrogens (tertiary/aromatic N) is 5. The number of halogens is 1. The Balaban J connectivity index is 1.91. The van der Waals surface area contributed by atoms with Gasteiger partial charge in [-0.1, -0.05) is 42.8 Å². The molecule has 0 aliphatic rings. The van der Waals surface area contributed by atoms with Gasteiger partial charge in [0.25, 0.3) is 11.5 Å². The van der Waals surface area contributed by atoms with Crippen molar-refractivity contribution in [2.24, 2.45) is 5.84 Å². The zero-order valence-electron chi connectivity index (χ0n) is 19.5. The van der Waals surface area contributed by atoms with Crippen LogP contribution >= 0.6 is 11.6 Å². The van der Waals surface area contributed by atoms with Crippen molar-refractivity contribution in [1.29, 1.82) is 0 Å². The topological polar surface area (TPSA) is 162 Å². The van der Waals surface area contributed by atoms with Crippen LogP contribution in [0.3, 0.4) is 0 Å². The predicted octanol–water partition coefficient (Wildman–Crippen LogP) is 2.84. The Morgan fingerprint density at radius 2 is 1.86 bits per heavy atom. The highest BCUT2D eigenvalue weighted by Crippen LogP contribution is 2.28. The molecule has 1 atom stereocenters. The number of aromatic nitrogens is 4. The molecule has 12 heteroatoms. The zero-order chi connectivity index (χ0) is 26.0. The normalized spacial score (nSPS) is 11.8. The Kier molecular flexibility index (Phi) is 6.95. The van der Waals surface area contributed by atoms with Crippen molar-refractivity contribution in [2.75, 3.05) is 11.1 Å². The van der Waals surface area contributed by atoms with Crippen molar-refractivity contribution < 1.29 is 9.59 Å². The molecule has 0 fully saturated rings. The fourth-order valence-electron chi connectivity index (χ4n) is 3.76. The molecule has 4 rings (SSSR count). The van der Waals surface area contributed by atoms with Crippen molar-refractivity contribution in [2.45, 2.75) is 26.3 Å². The number of hydrogen-bond donors (Lipinski definition) is 3. The van der Waals surface area contributed by atoms with Crippen LogP contribution in [0.4, 0.5) is 11.6 Å². The maximum absolute atomic E-state index is 13.7. The number of carbonyl (C=O) groups is 2. The second-order valence-corrected chi connectivity index (χ2v) is 8.27. The first-order valence-electron chi connectivity index (χ1n) is 11.0. The summed E-state index contributed by atoms with van der Waals surface area (Å²) in [6.45, 7) is 3.01. The molecule has 2 aromatic heterocycles. The molecular formula is C24H23ClN8O3. The SMILES string of the molecule is CC[C@H](Nc1ncnc(N)c1C(=O)N(N)C(C)=O)c1nc2cccc(Cl)c2c(=O)n1-c1ccccc1. The molecule has 5 N–H and O–H groups in total. The number of benzene rings is 2. The minimum Gasteiger partial charge on any atom is -0.383 e. The van der Waals surface area contributed by atoms with Crippen LogP contribution in [-0.4, -0.2) is 36.3 Å². The molecule has 2 heterocycles. The number of nitrogens with two attached hydrogens (primary N) is 2. The van der Waals surface area contributed by atoms with E-state index in [1.165, 1.54) is 10.9 Å². The number of anilines is 2. The first-order chi connectivity index (χ1) is 17.2. The Bertz CT molecular complexity index is 1520. The molecule has 0 aliphatic carbocycles. The van der Waals surface area contributed by atoms with E-state index >= 15 is 0 Å². The molecule has 0 bridgehead atoms. The minimum atomic E-state index is -0.878. The van der Waals surface area contributed by atoms with Gasteiger partial charge in [0.05, 0.1) is 27.7 Å². The number of fused-ring (bicyclic) bond motifs is 1. The van der Waals surface area contributed by atoms with E-state index < -0.39 is 17.9 Å². The Hall–Kier alpha value is -4.35. The highest BCUT2D eigenvalue weighted by atomic mass is 35.5. The van der Waals surface area contributed by atoms with Gasteiger partial charge in [-0.25, -0.2) is 25.8 Å². The quantitative estimate of drug-likeness (QED) is 0.203. The smallest absolute Gasteiger partial charge is 0.282 e. The van der Waals surface area contributed by atoms with Gasteiger partial charge in [0.1, 0.15) is 29.4 Å². The monoisotopic (exact) mass is 506 g/mol. The summed E-state index contributed by atoms with van der Waals surface area (Å²) in [4.78, 5) is 51.1. The van der Waals surface area contributed by atoms with Gasteiger partial charge in [-0.2, -0.15) is 0 Å². The van der Waals surface area contributed by atoms with Gasteiger partial charge in [0.15, 0.2) is 0 Å². The van der Waals surface area contributed by atoms with Gasteiger partial charge in [0.2, 0.25) is 5.91 Å². The highest BCUT2D eigenvalue weighted by molar-refractivity contribution is 6.35. The van der Waals surface area contributed by atoms with Crippen LogP contribution in [0.25, 0.3) is 16.6 Å². The number of nitrogen functional groups attached to an aromatic ring is 1. The predicted molar refractivity (Wildman–Crippen MR) is 136 cm³/mol. The summed E-state index contributed by atoms with van der Waals surface area (Å²) >= 11 is 6.36. The van der Waals surface area contributed by atoms with Crippen LogP contribution < -0.4 is 22.5 Å². The van der Waals surface area contributed by atoms with Gasteiger partial charge >= 0.3 is 0 Å². The first kappa shape index (κ1) is 24.8. The average molecular weight is 507 g/mol. The standard InChI is InChI=1S/C24H23ClN8O3/c1-3-16(30-21-19(20(26)28-12-29-21)24(36)33(27)13(2)34)22-31-17-11-7-10-15(25)18(17)23(35)32(22)14-8-5-4-6-9-14/h4-12,16H,3,27H2,1-2H3,(H3,26,28,29,30)/t16-/m0/s1. The summed E-state index contributed by atoms with van der Waals surface area (Å²) in [7, 11) is 0. The molecule has 0 saturated heterocycles. The Morgan fingerprint density at radius 3 is 2.53 bits per heavy atom. The van der Waals surface area contributed by atoms with E-state index in [2.05, 4.69) is 15.3 Å². The lowest BCUT2D eigenvalue weighted by Gasteiger charge is -2.24. The lowest BCUT2D eigenvalue weighted by atomic mass is 10.1. The number of imide groups is 1. The summed E-state index contributed by atoms with van der Waals surface area (Å²) in [5.41, 5.74) is 6.43. The number of amides is 2. The second kappa shape index (κ2) is 10.1. The molecule has 184 valence electrons. The molecule has 0 radical (unpaired) electrons. The lowest BCUT2D eigenvalue weighted by molar-refractivity contribution is -0.126. The number of nitrogens with one attached hydrogen (secondary N) is 1. The van der Waals surface area contributed by atoms with E-state index in [1.54, 1.807) is 42.5 Å². The summed E-state index contributed by atoms with van der Waals surface area (Å²) < 4.78 is 1.46. The lowest BCUT2D eigenvalue weighted by Crippen LogP contribution is -2.42. The fraction of sp³-hybridized carbons (Fsp3) is 0.167. The second-order valence-electron chi connectivity index (χ2n) is 7.86. The van der Waals surface area contributed by atoms with E-state index in [0.717, 1.165) is 6.92 Å². The molecule has 0 saturated carbocycles. The highest BCUT2D eigenvalue weighted by Gasteiger charge is 2.27. The molecule has 11 nitrogen and oxygen atoms in total. The van der Waals surface area contributed by atoms with Crippen molar-refractivity contribution >= 4 is 46.0 Å². The summed E-state index contributed by atoms with van der Waals surface area (Å²) in [5, 5.41) is 4.14. The Labute approximate surface area is 210 Å². The molecule has 4 aromatic rings. The van der Waals surface area contributed by atoms with Gasteiger partial charge in [-0.3, -0.25) is 19.0 Å². The third-order valence-electron chi connectivity index (χ3n) is 5.57. The number of para-hydroxylation sites is 1. The fourth-order valence-corrected chi connectivity index (χ4v) is 4.01. The summed E-state index contributed by atoms with van der Waals surface area (Å²) in [6, 6.07) is 13.4. The van der Waals surface area contributed by atoms with E-state index in [0.29, 0.717) is 28.5 Å². The zero-order valence-corrected chi connectivity index (χ0v) is 20.2. The van der Waals surface area contributed by atoms with Crippen molar-refractivity contribution in [3.63, 3.8) is 0 Å². The van der Waals surface area contributed by atoms with Crippen molar-refractivity contribution in [3.05, 3.63) is 81.6 Å². The molecular weight excluding hydrogens is 484 g/mol. The van der Waals surface area contributed by atoms with Gasteiger partial charge < -0.3 is 11.1 Å². The molecule has 0 unspecified atom stereocenters. The van der Waals surface area contributed by atoms with Crippen molar-refractivity contribution in [3.8, 4) is 5.69 Å². The number of rotatable bonds is 6. The number of hydrazine groups is 1.